The molecule has 116 valence electrons. The lowest BCUT2D eigenvalue weighted by Gasteiger charge is -2.13. The number of carbonyl (C=O) groups is 1. The molecule has 0 aliphatic heterocycles. The van der Waals surface area contributed by atoms with E-state index in [1.807, 2.05) is 28.9 Å². The van der Waals surface area contributed by atoms with Gasteiger partial charge in [-0.15, -0.1) is 5.10 Å². The number of benzene rings is 1. The van der Waals surface area contributed by atoms with Gasteiger partial charge in [0, 0.05) is 5.69 Å². The Morgan fingerprint density at radius 1 is 1.41 bits per heavy atom. The van der Waals surface area contributed by atoms with Gasteiger partial charge in [0.25, 0.3) is 0 Å². The molecule has 0 spiro atoms. The van der Waals surface area contributed by atoms with Crippen molar-refractivity contribution < 1.29 is 4.79 Å². The first-order chi connectivity index (χ1) is 10.6. The summed E-state index contributed by atoms with van der Waals surface area (Å²) in [6.45, 7) is 4.23. The lowest BCUT2D eigenvalue weighted by Crippen LogP contribution is -2.16. The first kappa shape index (κ1) is 15.0. The average Bonchev–Trinajstić information content (AvgIpc) is 3.24. The van der Waals surface area contributed by atoms with Gasteiger partial charge in [0.15, 0.2) is 0 Å². The van der Waals surface area contributed by atoms with Crippen molar-refractivity contribution in [1.82, 2.24) is 20.2 Å². The first-order valence-corrected chi connectivity index (χ1v) is 8.43. The Morgan fingerprint density at radius 3 is 2.91 bits per heavy atom. The maximum atomic E-state index is 12.2. The van der Waals surface area contributed by atoms with Gasteiger partial charge in [0.2, 0.25) is 11.1 Å². The number of nitrogens with zero attached hydrogens (tertiary/aromatic N) is 4. The Morgan fingerprint density at radius 2 is 2.18 bits per heavy atom. The zero-order chi connectivity index (χ0) is 15.5. The highest BCUT2D eigenvalue weighted by Crippen LogP contribution is 2.36. The van der Waals surface area contributed by atoms with E-state index in [9.17, 15) is 4.79 Å². The maximum Gasteiger partial charge on any atom is 0.234 e. The number of carbonyl (C=O) groups excluding carboxylic acids is 1. The average molecular weight is 317 g/mol. The highest BCUT2D eigenvalue weighted by atomic mass is 32.2. The van der Waals surface area contributed by atoms with Gasteiger partial charge in [-0.05, 0) is 40.8 Å². The third-order valence-electron chi connectivity index (χ3n) is 3.54. The van der Waals surface area contributed by atoms with Crippen molar-refractivity contribution in [1.29, 1.82) is 0 Å². The van der Waals surface area contributed by atoms with Crippen LogP contribution in [0.25, 0.3) is 0 Å². The molecule has 7 heteroatoms. The topological polar surface area (TPSA) is 72.7 Å². The van der Waals surface area contributed by atoms with Crippen LogP contribution in [0.4, 0.5) is 5.69 Å². The molecule has 0 atom stereocenters. The third kappa shape index (κ3) is 3.47. The molecular weight excluding hydrogens is 298 g/mol. The maximum absolute atomic E-state index is 12.2. The predicted molar refractivity (Wildman–Crippen MR) is 86.0 cm³/mol. The van der Waals surface area contributed by atoms with E-state index >= 15 is 0 Å². The van der Waals surface area contributed by atoms with Gasteiger partial charge in [-0.25, -0.2) is 4.68 Å². The number of hydrogen-bond donors (Lipinski definition) is 1. The second-order valence-electron chi connectivity index (χ2n) is 5.72. The van der Waals surface area contributed by atoms with Crippen LogP contribution in [0.1, 0.15) is 44.2 Å². The lowest BCUT2D eigenvalue weighted by atomic mass is 10.0. The summed E-state index contributed by atoms with van der Waals surface area (Å²) in [6, 6.07) is 8.32. The molecule has 22 heavy (non-hydrogen) atoms. The standard InChI is InChI=1S/C15H19N5OS/c1-10(2)12-5-3-4-6-13(12)16-14(21)9-22-15-17-18-19-20(15)11-7-8-11/h3-6,10-11H,7-9H2,1-2H3,(H,16,21). The van der Waals surface area contributed by atoms with E-state index in [4.69, 9.17) is 0 Å². The van der Waals surface area contributed by atoms with E-state index in [1.54, 1.807) is 0 Å². The van der Waals surface area contributed by atoms with Gasteiger partial charge in [-0.1, -0.05) is 43.8 Å². The molecule has 1 amide bonds. The van der Waals surface area contributed by atoms with Crippen LogP contribution >= 0.6 is 11.8 Å². The normalized spacial score (nSPS) is 14.3. The summed E-state index contributed by atoms with van der Waals surface area (Å²) >= 11 is 1.38. The van der Waals surface area contributed by atoms with Crippen LogP contribution in [-0.2, 0) is 4.79 Å². The first-order valence-electron chi connectivity index (χ1n) is 7.44. The molecule has 1 fully saturated rings. The summed E-state index contributed by atoms with van der Waals surface area (Å²) in [7, 11) is 0. The van der Waals surface area contributed by atoms with Gasteiger partial charge in [-0.2, -0.15) is 0 Å². The minimum atomic E-state index is -0.0385. The molecule has 1 N–H and O–H groups in total. The zero-order valence-corrected chi connectivity index (χ0v) is 13.5. The zero-order valence-electron chi connectivity index (χ0n) is 12.7. The molecule has 1 saturated carbocycles. The van der Waals surface area contributed by atoms with E-state index < -0.39 is 0 Å². The van der Waals surface area contributed by atoms with Crippen LogP contribution in [0, 0.1) is 0 Å². The van der Waals surface area contributed by atoms with Crippen LogP contribution in [-0.4, -0.2) is 31.9 Å². The van der Waals surface area contributed by atoms with Crippen molar-refractivity contribution in [3.63, 3.8) is 0 Å². The predicted octanol–water partition coefficient (Wildman–Crippen LogP) is 2.86. The Bertz CT molecular complexity index is 665. The number of thioether (sulfide) groups is 1. The molecule has 1 aliphatic rings. The largest absolute Gasteiger partial charge is 0.325 e. The number of para-hydroxylation sites is 1. The van der Waals surface area contributed by atoms with Gasteiger partial charge in [0.05, 0.1) is 11.8 Å². The van der Waals surface area contributed by atoms with Crippen LogP contribution in [0.5, 0.6) is 0 Å². The lowest BCUT2D eigenvalue weighted by molar-refractivity contribution is -0.113. The van der Waals surface area contributed by atoms with Gasteiger partial charge in [0.1, 0.15) is 0 Å². The summed E-state index contributed by atoms with van der Waals surface area (Å²) in [5.74, 6) is 0.634. The molecule has 0 saturated heterocycles. The summed E-state index contributed by atoms with van der Waals surface area (Å²) in [4.78, 5) is 12.2. The number of anilines is 1. The van der Waals surface area contributed by atoms with Crippen molar-refractivity contribution in [2.24, 2.45) is 0 Å². The molecule has 2 aromatic rings. The number of amides is 1. The smallest absolute Gasteiger partial charge is 0.234 e. The molecule has 1 heterocycles. The van der Waals surface area contributed by atoms with Gasteiger partial charge in [-0.3, -0.25) is 4.79 Å². The van der Waals surface area contributed by atoms with Crippen molar-refractivity contribution in [3.8, 4) is 0 Å². The van der Waals surface area contributed by atoms with Gasteiger partial charge < -0.3 is 5.32 Å². The van der Waals surface area contributed by atoms with Crippen LogP contribution in [0.15, 0.2) is 29.4 Å². The molecule has 0 unspecified atom stereocenters. The number of nitrogens with one attached hydrogen (secondary N) is 1. The highest BCUT2D eigenvalue weighted by molar-refractivity contribution is 7.99. The fourth-order valence-electron chi connectivity index (χ4n) is 2.26. The van der Waals surface area contributed by atoms with Crippen molar-refractivity contribution in [2.45, 2.75) is 43.8 Å². The van der Waals surface area contributed by atoms with E-state index in [-0.39, 0.29) is 5.91 Å². The van der Waals surface area contributed by atoms with E-state index in [0.717, 1.165) is 29.2 Å². The highest BCUT2D eigenvalue weighted by Gasteiger charge is 2.28. The van der Waals surface area contributed by atoms with E-state index in [2.05, 4.69) is 34.7 Å². The second-order valence-corrected chi connectivity index (χ2v) is 6.66. The summed E-state index contributed by atoms with van der Waals surface area (Å²) in [5.41, 5.74) is 2.02. The van der Waals surface area contributed by atoms with Crippen molar-refractivity contribution in [3.05, 3.63) is 29.8 Å². The molecular formula is C15H19N5OS. The number of rotatable bonds is 6. The minimum absolute atomic E-state index is 0.0385. The van der Waals surface area contributed by atoms with Gasteiger partial charge >= 0.3 is 0 Å². The fraction of sp³-hybridized carbons (Fsp3) is 0.467. The van der Waals surface area contributed by atoms with Crippen molar-refractivity contribution in [2.75, 3.05) is 11.1 Å². The molecule has 6 nitrogen and oxygen atoms in total. The van der Waals surface area contributed by atoms with Crippen LogP contribution in [0.2, 0.25) is 0 Å². The molecule has 1 aromatic carbocycles. The Hall–Kier alpha value is -1.89. The van der Waals surface area contributed by atoms with E-state index in [1.165, 1.54) is 11.8 Å². The minimum Gasteiger partial charge on any atom is -0.325 e. The molecule has 0 bridgehead atoms. The summed E-state index contributed by atoms with van der Waals surface area (Å²) in [5, 5.41) is 15.4. The van der Waals surface area contributed by atoms with E-state index in [0.29, 0.717) is 17.7 Å². The number of tetrazole rings is 1. The molecule has 3 rings (SSSR count). The Kier molecular flexibility index (Phi) is 4.42. The third-order valence-corrected chi connectivity index (χ3v) is 4.48. The van der Waals surface area contributed by atoms with Crippen LogP contribution in [0.3, 0.4) is 0 Å². The Labute approximate surface area is 133 Å². The van der Waals surface area contributed by atoms with Crippen molar-refractivity contribution >= 4 is 23.4 Å². The SMILES string of the molecule is CC(C)c1ccccc1NC(=O)CSc1nnnn1C1CC1. The number of aromatic nitrogens is 4. The second kappa shape index (κ2) is 6.48. The molecule has 0 radical (unpaired) electrons. The summed E-state index contributed by atoms with van der Waals surface area (Å²) < 4.78 is 1.82. The fourth-order valence-corrected chi connectivity index (χ4v) is 3.00. The quantitative estimate of drug-likeness (QED) is 0.829. The summed E-state index contributed by atoms with van der Waals surface area (Å²) in [6.07, 6.45) is 2.24. The molecule has 1 aromatic heterocycles. The molecule has 1 aliphatic carbocycles. The number of hydrogen-bond acceptors (Lipinski definition) is 5. The monoisotopic (exact) mass is 317 g/mol. The Balaban J connectivity index is 1.60. The van der Waals surface area contributed by atoms with Crippen LogP contribution < -0.4 is 5.32 Å².